The molecule has 0 aliphatic heterocycles. The second-order valence-electron chi connectivity index (χ2n) is 5.23. The molecule has 5 nitrogen and oxygen atoms in total. The standard InChI is InChI=1S/C19H15Cl3O5/c1-25-18(23)13(19(24)26-2)7-11-8-15(21)17(16(22)9-11)27-10-12-5-3-4-6-14(12)20/h3-9H,10H2,1-2H3. The Morgan fingerprint density at radius 2 is 1.48 bits per heavy atom. The van der Waals surface area contributed by atoms with Gasteiger partial charge in [-0.25, -0.2) is 9.59 Å². The molecule has 2 aromatic carbocycles. The van der Waals surface area contributed by atoms with Crippen molar-refractivity contribution in [2.24, 2.45) is 0 Å². The van der Waals surface area contributed by atoms with Crippen molar-refractivity contribution in [3.63, 3.8) is 0 Å². The van der Waals surface area contributed by atoms with Crippen LogP contribution in [-0.4, -0.2) is 26.2 Å². The molecule has 0 aliphatic carbocycles. The van der Waals surface area contributed by atoms with Gasteiger partial charge in [-0.05, 0) is 29.8 Å². The summed E-state index contributed by atoms with van der Waals surface area (Å²) in [4.78, 5) is 23.5. The summed E-state index contributed by atoms with van der Waals surface area (Å²) in [7, 11) is 2.31. The van der Waals surface area contributed by atoms with Crippen molar-refractivity contribution in [3.8, 4) is 5.75 Å². The highest BCUT2D eigenvalue weighted by Crippen LogP contribution is 2.36. The van der Waals surface area contributed by atoms with Crippen molar-refractivity contribution < 1.29 is 23.8 Å². The first-order valence-corrected chi connectivity index (χ1v) is 8.74. The van der Waals surface area contributed by atoms with E-state index in [2.05, 4.69) is 9.47 Å². The molecule has 0 heterocycles. The molecule has 0 aromatic heterocycles. The quantitative estimate of drug-likeness (QED) is 0.281. The van der Waals surface area contributed by atoms with Crippen molar-refractivity contribution in [2.45, 2.75) is 6.61 Å². The van der Waals surface area contributed by atoms with Gasteiger partial charge in [0.1, 0.15) is 12.2 Å². The zero-order valence-electron chi connectivity index (χ0n) is 14.4. The van der Waals surface area contributed by atoms with E-state index in [1.807, 2.05) is 18.2 Å². The fraction of sp³-hybridized carbons (Fsp3) is 0.158. The highest BCUT2D eigenvalue weighted by atomic mass is 35.5. The van der Waals surface area contributed by atoms with Gasteiger partial charge in [0.05, 0.1) is 24.3 Å². The predicted octanol–water partition coefficient (Wildman–Crippen LogP) is 4.96. The molecule has 27 heavy (non-hydrogen) atoms. The normalized spacial score (nSPS) is 10.1. The maximum absolute atomic E-state index is 11.8. The fourth-order valence-electron chi connectivity index (χ4n) is 2.15. The van der Waals surface area contributed by atoms with E-state index in [-0.39, 0.29) is 28.0 Å². The molecule has 0 amide bonds. The van der Waals surface area contributed by atoms with Crippen molar-refractivity contribution in [1.82, 2.24) is 0 Å². The van der Waals surface area contributed by atoms with Crippen molar-refractivity contribution in [3.05, 3.63) is 68.2 Å². The minimum absolute atomic E-state index is 0.171. The van der Waals surface area contributed by atoms with Gasteiger partial charge in [0, 0.05) is 10.6 Å². The Morgan fingerprint density at radius 3 is 2.00 bits per heavy atom. The van der Waals surface area contributed by atoms with Crippen LogP contribution in [0.4, 0.5) is 0 Å². The smallest absolute Gasteiger partial charge is 0.345 e. The summed E-state index contributed by atoms with van der Waals surface area (Å²) in [5, 5.41) is 0.967. The predicted molar refractivity (Wildman–Crippen MR) is 104 cm³/mol. The number of benzene rings is 2. The molecule has 142 valence electrons. The van der Waals surface area contributed by atoms with Crippen LogP contribution in [0.1, 0.15) is 11.1 Å². The Balaban J connectivity index is 2.30. The number of rotatable bonds is 6. The van der Waals surface area contributed by atoms with Crippen molar-refractivity contribution in [2.75, 3.05) is 14.2 Å². The average Bonchev–Trinajstić information content (AvgIpc) is 2.65. The van der Waals surface area contributed by atoms with E-state index >= 15 is 0 Å². The zero-order valence-corrected chi connectivity index (χ0v) is 16.7. The lowest BCUT2D eigenvalue weighted by Gasteiger charge is -2.12. The number of hydrogen-bond acceptors (Lipinski definition) is 5. The van der Waals surface area contributed by atoms with Gasteiger partial charge in [-0.2, -0.15) is 0 Å². The summed E-state index contributed by atoms with van der Waals surface area (Å²) < 4.78 is 14.8. The fourth-order valence-corrected chi connectivity index (χ4v) is 2.96. The molecule has 0 saturated carbocycles. The summed E-state index contributed by atoms with van der Waals surface area (Å²) in [6.07, 6.45) is 1.27. The van der Waals surface area contributed by atoms with E-state index in [4.69, 9.17) is 39.5 Å². The van der Waals surface area contributed by atoms with Crippen LogP contribution in [-0.2, 0) is 25.7 Å². The van der Waals surface area contributed by atoms with Gasteiger partial charge in [0.25, 0.3) is 0 Å². The lowest BCUT2D eigenvalue weighted by molar-refractivity contribution is -0.143. The molecule has 8 heteroatoms. The zero-order chi connectivity index (χ0) is 20.0. The molecule has 0 aliphatic rings. The largest absolute Gasteiger partial charge is 0.486 e. The molecule has 2 aromatic rings. The second-order valence-corrected chi connectivity index (χ2v) is 6.46. The monoisotopic (exact) mass is 428 g/mol. The maximum atomic E-state index is 11.8. The van der Waals surface area contributed by atoms with Gasteiger partial charge in [-0.1, -0.05) is 53.0 Å². The Kier molecular flexibility index (Phi) is 7.54. The Hall–Kier alpha value is -2.21. The summed E-state index contributed by atoms with van der Waals surface area (Å²) in [5.74, 6) is -1.42. The number of halogens is 3. The summed E-state index contributed by atoms with van der Waals surface area (Å²) in [6, 6.07) is 10.2. The average molecular weight is 430 g/mol. The van der Waals surface area contributed by atoms with E-state index in [1.54, 1.807) is 6.07 Å². The highest BCUT2D eigenvalue weighted by Gasteiger charge is 2.20. The van der Waals surface area contributed by atoms with Crippen LogP contribution in [0.3, 0.4) is 0 Å². The van der Waals surface area contributed by atoms with Gasteiger partial charge >= 0.3 is 11.9 Å². The molecule has 0 radical (unpaired) electrons. The van der Waals surface area contributed by atoms with E-state index in [1.165, 1.54) is 18.2 Å². The molecule has 0 spiro atoms. The third-order valence-corrected chi connectivity index (χ3v) is 4.40. The van der Waals surface area contributed by atoms with Crippen LogP contribution in [0.2, 0.25) is 15.1 Å². The molecule has 0 N–H and O–H groups in total. The van der Waals surface area contributed by atoms with Crippen LogP contribution in [0, 0.1) is 0 Å². The van der Waals surface area contributed by atoms with Gasteiger partial charge in [-0.15, -0.1) is 0 Å². The van der Waals surface area contributed by atoms with Crippen molar-refractivity contribution >= 4 is 52.8 Å². The first-order chi connectivity index (χ1) is 12.9. The topological polar surface area (TPSA) is 61.8 Å². The molecule has 2 rings (SSSR count). The maximum Gasteiger partial charge on any atom is 0.345 e. The molecule has 0 bridgehead atoms. The van der Waals surface area contributed by atoms with Crippen LogP contribution < -0.4 is 4.74 Å². The number of carbonyl (C=O) groups is 2. The Morgan fingerprint density at radius 1 is 0.926 bits per heavy atom. The van der Waals surface area contributed by atoms with Gasteiger partial charge in [-0.3, -0.25) is 0 Å². The van der Waals surface area contributed by atoms with Crippen LogP contribution >= 0.6 is 34.8 Å². The molecule has 0 fully saturated rings. The van der Waals surface area contributed by atoms with Gasteiger partial charge in [0.2, 0.25) is 0 Å². The first kappa shape index (κ1) is 21.1. The number of carbonyl (C=O) groups excluding carboxylic acids is 2. The van der Waals surface area contributed by atoms with Crippen molar-refractivity contribution in [1.29, 1.82) is 0 Å². The molecule has 0 atom stereocenters. The molecule has 0 saturated heterocycles. The highest BCUT2D eigenvalue weighted by molar-refractivity contribution is 6.37. The van der Waals surface area contributed by atoms with Crippen LogP contribution in [0.15, 0.2) is 42.0 Å². The lowest BCUT2D eigenvalue weighted by Crippen LogP contribution is -2.15. The number of esters is 2. The van der Waals surface area contributed by atoms with Crippen LogP contribution in [0.25, 0.3) is 6.08 Å². The number of ether oxygens (including phenoxy) is 3. The van der Waals surface area contributed by atoms with E-state index in [0.29, 0.717) is 10.6 Å². The molecule has 0 unspecified atom stereocenters. The lowest BCUT2D eigenvalue weighted by atomic mass is 10.1. The van der Waals surface area contributed by atoms with E-state index in [9.17, 15) is 9.59 Å². The minimum atomic E-state index is -0.840. The summed E-state index contributed by atoms with van der Waals surface area (Å²) in [5.41, 5.74) is 0.881. The van der Waals surface area contributed by atoms with E-state index < -0.39 is 11.9 Å². The molecular weight excluding hydrogens is 415 g/mol. The third-order valence-electron chi connectivity index (χ3n) is 3.47. The Bertz CT molecular complexity index is 852. The third kappa shape index (κ3) is 5.39. The number of methoxy groups -OCH3 is 2. The van der Waals surface area contributed by atoms with Crippen LogP contribution in [0.5, 0.6) is 5.75 Å². The Labute approximate surface area is 171 Å². The van der Waals surface area contributed by atoms with Gasteiger partial charge in [0.15, 0.2) is 5.75 Å². The molecular formula is C19H15Cl3O5. The first-order valence-electron chi connectivity index (χ1n) is 7.61. The van der Waals surface area contributed by atoms with E-state index in [0.717, 1.165) is 19.8 Å². The number of hydrogen-bond donors (Lipinski definition) is 0. The SMILES string of the molecule is COC(=O)C(=Cc1cc(Cl)c(OCc2ccccc2Cl)c(Cl)c1)C(=O)OC. The minimum Gasteiger partial charge on any atom is -0.486 e. The van der Waals surface area contributed by atoms with Gasteiger partial charge < -0.3 is 14.2 Å². The summed E-state index contributed by atoms with van der Waals surface area (Å²) >= 11 is 18.6. The second kappa shape index (κ2) is 9.65. The summed E-state index contributed by atoms with van der Waals surface area (Å²) in [6.45, 7) is 0.171.